The molecule has 0 saturated heterocycles. The summed E-state index contributed by atoms with van der Waals surface area (Å²) in [5.41, 5.74) is 0. The van der Waals surface area contributed by atoms with Gasteiger partial charge in [0.25, 0.3) is 0 Å². The quantitative estimate of drug-likeness (QED) is 0.496. The van der Waals surface area contributed by atoms with Crippen LogP contribution in [0.15, 0.2) is 24.3 Å². The van der Waals surface area contributed by atoms with E-state index < -0.39 is 7.26 Å². The summed E-state index contributed by atoms with van der Waals surface area (Å²) in [5.74, 6) is -0.163. The summed E-state index contributed by atoms with van der Waals surface area (Å²) in [6.07, 6.45) is 0. The maximum Gasteiger partial charge on any atom is 0.127 e. The van der Waals surface area contributed by atoms with Crippen molar-refractivity contribution in [1.29, 1.82) is 0 Å². The molecule has 0 aliphatic rings. The van der Waals surface area contributed by atoms with Gasteiger partial charge in [-0.05, 0) is 53.7 Å². The van der Waals surface area contributed by atoms with E-state index in [4.69, 9.17) is 0 Å². The summed E-state index contributed by atoms with van der Waals surface area (Å²) in [5, 5.41) is 1.22. The van der Waals surface area contributed by atoms with E-state index in [9.17, 15) is 4.39 Å². The lowest BCUT2D eigenvalue weighted by molar-refractivity contribution is 0.628. The van der Waals surface area contributed by atoms with Crippen molar-refractivity contribution < 1.29 is 4.39 Å². The van der Waals surface area contributed by atoms with Gasteiger partial charge in [-0.3, -0.25) is 0 Å². The molecule has 0 N–H and O–H groups in total. The van der Waals surface area contributed by atoms with Crippen LogP contribution in [-0.2, 0) is 0 Å². The van der Waals surface area contributed by atoms with Crippen LogP contribution in [0, 0.1) is 12.5 Å². The molecule has 0 fully saturated rings. The standard InChI is InChI=1S/C15H24FP/c1-14(2,3)17(7,15(4,5)6)13-10-8-9-12(16)11-13/h8-11H,7H2,1-6H3. The average Bonchev–Trinajstić information content (AvgIpc) is 2.12. The highest BCUT2D eigenvalue weighted by atomic mass is 31.2. The molecular formula is C15H24FP. The van der Waals surface area contributed by atoms with Crippen LogP contribution in [0.3, 0.4) is 0 Å². The van der Waals surface area contributed by atoms with Crippen molar-refractivity contribution in [3.63, 3.8) is 0 Å². The smallest absolute Gasteiger partial charge is 0.127 e. The molecule has 17 heavy (non-hydrogen) atoms. The van der Waals surface area contributed by atoms with Gasteiger partial charge in [-0.15, -0.1) is 0 Å². The largest absolute Gasteiger partial charge is 0.207 e. The summed E-state index contributed by atoms with van der Waals surface area (Å²) in [7, 11) is -1.71. The summed E-state index contributed by atoms with van der Waals surface area (Å²) in [6.45, 7) is 17.8. The second-order valence-corrected chi connectivity index (χ2v) is 11.5. The summed E-state index contributed by atoms with van der Waals surface area (Å²) in [4.78, 5) is 0. The lowest BCUT2D eigenvalue weighted by Crippen LogP contribution is -2.38. The van der Waals surface area contributed by atoms with Crippen LogP contribution in [0.1, 0.15) is 41.5 Å². The zero-order valence-corrected chi connectivity index (χ0v) is 12.7. The van der Waals surface area contributed by atoms with E-state index in [-0.39, 0.29) is 16.1 Å². The number of benzene rings is 1. The van der Waals surface area contributed by atoms with E-state index >= 15 is 0 Å². The summed E-state index contributed by atoms with van der Waals surface area (Å²) < 4.78 is 13.5. The number of hydrogen-bond acceptors (Lipinski definition) is 0. The third-order valence-electron chi connectivity index (χ3n) is 3.54. The highest BCUT2D eigenvalue weighted by Crippen LogP contribution is 2.74. The van der Waals surface area contributed by atoms with E-state index in [0.717, 1.165) is 5.30 Å². The Hall–Kier alpha value is -0.420. The van der Waals surface area contributed by atoms with Gasteiger partial charge in [-0.2, -0.15) is 6.66 Å². The predicted octanol–water partition coefficient (Wildman–Crippen LogP) is 4.86. The average molecular weight is 254 g/mol. The van der Waals surface area contributed by atoms with Gasteiger partial charge < -0.3 is 0 Å². The van der Waals surface area contributed by atoms with Gasteiger partial charge >= 0.3 is 0 Å². The Kier molecular flexibility index (Phi) is 3.75. The van der Waals surface area contributed by atoms with Crippen LogP contribution < -0.4 is 5.30 Å². The molecule has 0 radical (unpaired) electrons. The molecule has 0 amide bonds. The van der Waals surface area contributed by atoms with E-state index in [1.807, 2.05) is 6.07 Å². The second kappa shape index (κ2) is 4.35. The van der Waals surface area contributed by atoms with Crippen molar-refractivity contribution in [3.05, 3.63) is 36.7 Å². The number of rotatable bonds is 1. The van der Waals surface area contributed by atoms with Crippen LogP contribution in [0.25, 0.3) is 0 Å². The molecule has 0 aliphatic heterocycles. The molecule has 0 saturated carbocycles. The lowest BCUT2D eigenvalue weighted by Gasteiger charge is -2.50. The van der Waals surface area contributed by atoms with E-state index in [2.05, 4.69) is 48.2 Å². The summed E-state index contributed by atoms with van der Waals surface area (Å²) >= 11 is 0. The van der Waals surface area contributed by atoms with Gasteiger partial charge in [0.1, 0.15) is 5.82 Å². The van der Waals surface area contributed by atoms with Gasteiger partial charge in [0.15, 0.2) is 0 Å². The molecule has 0 spiro atoms. The minimum atomic E-state index is -1.71. The molecule has 0 nitrogen and oxygen atoms in total. The predicted molar refractivity (Wildman–Crippen MR) is 77.8 cm³/mol. The maximum atomic E-state index is 13.5. The topological polar surface area (TPSA) is 0 Å². The van der Waals surface area contributed by atoms with Gasteiger partial charge in [-0.25, -0.2) is 4.39 Å². The minimum absolute atomic E-state index is 0.0685. The van der Waals surface area contributed by atoms with Crippen LogP contribution in [0.4, 0.5) is 4.39 Å². The molecule has 1 aromatic carbocycles. The van der Waals surface area contributed by atoms with E-state index in [0.29, 0.717) is 0 Å². The van der Waals surface area contributed by atoms with Gasteiger partial charge in [0, 0.05) is 6.07 Å². The molecule has 0 aliphatic carbocycles. The van der Waals surface area contributed by atoms with Crippen molar-refractivity contribution in [2.24, 2.45) is 0 Å². The molecule has 1 aromatic rings. The maximum absolute atomic E-state index is 13.5. The zero-order valence-electron chi connectivity index (χ0n) is 11.8. The monoisotopic (exact) mass is 254 g/mol. The Bertz CT molecular complexity index is 382. The zero-order chi connectivity index (χ0) is 13.5. The third kappa shape index (κ3) is 2.55. The molecular weight excluding hydrogens is 230 g/mol. The first-order chi connectivity index (χ1) is 7.50. The molecule has 0 atom stereocenters. The van der Waals surface area contributed by atoms with Crippen LogP contribution in [0.5, 0.6) is 0 Å². The van der Waals surface area contributed by atoms with Crippen LogP contribution >= 0.6 is 7.26 Å². The SMILES string of the molecule is [CH2-][P+](c1cccc(F)c1)(C(C)(C)C)C(C)(C)C. The molecule has 0 bridgehead atoms. The highest BCUT2D eigenvalue weighted by molar-refractivity contribution is 7.86. The first-order valence-corrected chi connectivity index (χ1v) is 7.97. The van der Waals surface area contributed by atoms with Crippen LogP contribution in [-0.4, -0.2) is 10.3 Å². The van der Waals surface area contributed by atoms with E-state index in [1.54, 1.807) is 12.1 Å². The minimum Gasteiger partial charge on any atom is -0.207 e. The van der Waals surface area contributed by atoms with Crippen molar-refractivity contribution in [2.75, 3.05) is 0 Å². The molecule has 2 heteroatoms. The lowest BCUT2D eigenvalue weighted by atomic mass is 10.2. The molecule has 0 heterocycles. The van der Waals surface area contributed by atoms with Gasteiger partial charge in [0.2, 0.25) is 0 Å². The fourth-order valence-electron chi connectivity index (χ4n) is 2.49. The van der Waals surface area contributed by atoms with Crippen molar-refractivity contribution in [1.82, 2.24) is 0 Å². The number of hydrogen-bond donors (Lipinski definition) is 0. The first kappa shape index (κ1) is 14.6. The van der Waals surface area contributed by atoms with Gasteiger partial charge in [-0.1, -0.05) is 13.3 Å². The Morgan fingerprint density at radius 3 is 1.82 bits per heavy atom. The normalized spacial score (nSPS) is 13.9. The fourth-order valence-corrected chi connectivity index (χ4v) is 6.74. The Morgan fingerprint density at radius 1 is 1.00 bits per heavy atom. The molecule has 1 rings (SSSR count). The Labute approximate surface area is 106 Å². The van der Waals surface area contributed by atoms with Gasteiger partial charge in [0.05, 0.1) is 15.6 Å². The fraction of sp³-hybridized carbons (Fsp3) is 0.533. The van der Waals surface area contributed by atoms with Crippen molar-refractivity contribution >= 4 is 12.6 Å². The van der Waals surface area contributed by atoms with Crippen LogP contribution in [0.2, 0.25) is 0 Å². The summed E-state index contributed by atoms with van der Waals surface area (Å²) in [6, 6.07) is 6.98. The number of halogens is 1. The molecule has 96 valence electrons. The Balaban J connectivity index is 3.46. The highest BCUT2D eigenvalue weighted by Gasteiger charge is 2.49. The Morgan fingerprint density at radius 2 is 1.47 bits per heavy atom. The molecule has 0 unspecified atom stereocenters. The van der Waals surface area contributed by atoms with Crippen molar-refractivity contribution in [3.8, 4) is 0 Å². The third-order valence-corrected chi connectivity index (χ3v) is 9.28. The van der Waals surface area contributed by atoms with Crippen molar-refractivity contribution in [2.45, 2.75) is 51.9 Å². The first-order valence-electron chi connectivity index (χ1n) is 6.00. The van der Waals surface area contributed by atoms with E-state index in [1.165, 1.54) is 6.07 Å². The molecule has 0 aromatic heterocycles. The second-order valence-electron chi connectivity index (χ2n) is 6.63.